The highest BCUT2D eigenvalue weighted by atomic mass is 79.9. The lowest BCUT2D eigenvalue weighted by Crippen LogP contribution is -2.55. The Labute approximate surface area is 114 Å². The third-order valence-corrected chi connectivity index (χ3v) is 4.05. The van der Waals surface area contributed by atoms with Gasteiger partial charge in [0.25, 0.3) is 0 Å². The maximum absolute atomic E-state index is 13.9. The second-order valence-electron chi connectivity index (χ2n) is 4.73. The van der Waals surface area contributed by atoms with Gasteiger partial charge in [-0.1, -0.05) is 6.92 Å². The molecule has 2 rings (SSSR count). The summed E-state index contributed by atoms with van der Waals surface area (Å²) in [5.41, 5.74) is 0.468. The molecule has 1 aliphatic heterocycles. The molecule has 2 nitrogen and oxygen atoms in total. The number of piperazine rings is 1. The molecule has 0 radical (unpaired) electrons. The van der Waals surface area contributed by atoms with Crippen molar-refractivity contribution in [3.05, 3.63) is 28.2 Å². The summed E-state index contributed by atoms with van der Waals surface area (Å²) in [5, 5.41) is 3.41. The average molecular weight is 319 g/mol. The van der Waals surface area contributed by atoms with Gasteiger partial charge in [-0.25, -0.2) is 8.78 Å². The van der Waals surface area contributed by atoms with Crippen LogP contribution in [-0.2, 0) is 0 Å². The summed E-state index contributed by atoms with van der Waals surface area (Å²) in [7, 11) is 0. The summed E-state index contributed by atoms with van der Waals surface area (Å²) in [6.45, 7) is 5.69. The van der Waals surface area contributed by atoms with Crippen molar-refractivity contribution in [1.82, 2.24) is 5.32 Å². The minimum Gasteiger partial charge on any atom is -0.364 e. The van der Waals surface area contributed by atoms with E-state index in [0.717, 1.165) is 25.6 Å². The summed E-state index contributed by atoms with van der Waals surface area (Å²) in [6.07, 6.45) is 0.993. The van der Waals surface area contributed by atoms with Crippen LogP contribution in [0.4, 0.5) is 14.5 Å². The largest absolute Gasteiger partial charge is 0.364 e. The molecule has 0 amide bonds. The molecular formula is C13H17BrF2N2. The van der Waals surface area contributed by atoms with Crippen molar-refractivity contribution in [1.29, 1.82) is 0 Å². The number of hydrogen-bond acceptors (Lipinski definition) is 2. The van der Waals surface area contributed by atoms with Crippen LogP contribution >= 0.6 is 15.9 Å². The van der Waals surface area contributed by atoms with Crippen LogP contribution in [0.5, 0.6) is 0 Å². The van der Waals surface area contributed by atoms with Crippen LogP contribution in [0.2, 0.25) is 0 Å². The zero-order chi connectivity index (χ0) is 13.3. The lowest BCUT2D eigenvalue weighted by atomic mass is 10.1. The van der Waals surface area contributed by atoms with Gasteiger partial charge in [0, 0.05) is 31.2 Å². The molecule has 5 heteroatoms. The van der Waals surface area contributed by atoms with Gasteiger partial charge in [0.05, 0.1) is 10.2 Å². The van der Waals surface area contributed by atoms with Crippen molar-refractivity contribution in [3.63, 3.8) is 0 Å². The topological polar surface area (TPSA) is 15.3 Å². The predicted octanol–water partition coefficient (Wildman–Crippen LogP) is 3.30. The standard InChI is InChI=1S/C13H17BrF2N2/c1-3-9-7-18(8(2)6-17-9)13-4-10(14)11(15)5-12(13)16/h4-5,8-9,17H,3,6-7H2,1-2H3. The fourth-order valence-corrected chi connectivity index (χ4v) is 2.60. The van der Waals surface area contributed by atoms with Crippen LogP contribution in [0.1, 0.15) is 20.3 Å². The molecule has 0 spiro atoms. The lowest BCUT2D eigenvalue weighted by molar-refractivity contribution is 0.393. The Hall–Kier alpha value is -0.680. The maximum atomic E-state index is 13.9. The van der Waals surface area contributed by atoms with Crippen molar-refractivity contribution in [2.45, 2.75) is 32.4 Å². The summed E-state index contributed by atoms with van der Waals surface area (Å²) in [4.78, 5) is 2.00. The van der Waals surface area contributed by atoms with Crippen molar-refractivity contribution in [3.8, 4) is 0 Å². The fraction of sp³-hybridized carbons (Fsp3) is 0.538. The van der Waals surface area contributed by atoms with Crippen molar-refractivity contribution < 1.29 is 8.78 Å². The van der Waals surface area contributed by atoms with E-state index in [0.29, 0.717) is 16.2 Å². The molecule has 1 N–H and O–H groups in total. The van der Waals surface area contributed by atoms with Crippen LogP contribution in [0.3, 0.4) is 0 Å². The quantitative estimate of drug-likeness (QED) is 0.842. The molecule has 1 aromatic rings. The monoisotopic (exact) mass is 318 g/mol. The van der Waals surface area contributed by atoms with E-state index in [1.54, 1.807) is 0 Å². The van der Waals surface area contributed by atoms with Crippen LogP contribution in [0.15, 0.2) is 16.6 Å². The lowest BCUT2D eigenvalue weighted by Gasteiger charge is -2.40. The molecule has 1 aromatic carbocycles. The van der Waals surface area contributed by atoms with E-state index in [2.05, 4.69) is 28.2 Å². The number of anilines is 1. The molecule has 0 aromatic heterocycles. The van der Waals surface area contributed by atoms with E-state index in [9.17, 15) is 8.78 Å². The summed E-state index contributed by atoms with van der Waals surface area (Å²) in [6, 6.07) is 3.01. The summed E-state index contributed by atoms with van der Waals surface area (Å²) < 4.78 is 27.4. The van der Waals surface area contributed by atoms with E-state index in [1.807, 2.05) is 11.8 Å². The van der Waals surface area contributed by atoms with Gasteiger partial charge in [-0.05, 0) is 35.3 Å². The van der Waals surface area contributed by atoms with Gasteiger partial charge >= 0.3 is 0 Å². The van der Waals surface area contributed by atoms with E-state index < -0.39 is 11.6 Å². The van der Waals surface area contributed by atoms with Crippen molar-refractivity contribution in [2.24, 2.45) is 0 Å². The Morgan fingerprint density at radius 2 is 2.11 bits per heavy atom. The Bertz CT molecular complexity index is 439. The third kappa shape index (κ3) is 2.67. The Kier molecular flexibility index (Phi) is 4.22. The van der Waals surface area contributed by atoms with Crippen LogP contribution < -0.4 is 10.2 Å². The molecule has 0 bridgehead atoms. The van der Waals surface area contributed by atoms with Gasteiger partial charge in [-0.3, -0.25) is 0 Å². The Morgan fingerprint density at radius 3 is 2.78 bits per heavy atom. The molecule has 0 aliphatic carbocycles. The molecule has 2 atom stereocenters. The first-order valence-electron chi connectivity index (χ1n) is 6.17. The SMILES string of the molecule is CCC1CN(c2cc(Br)c(F)cc2F)C(C)CN1. The summed E-state index contributed by atoms with van der Waals surface area (Å²) in [5.74, 6) is -1.06. The normalized spacial score (nSPS) is 24.4. The molecule has 1 aliphatic rings. The minimum absolute atomic E-state index is 0.194. The molecular weight excluding hydrogens is 302 g/mol. The maximum Gasteiger partial charge on any atom is 0.149 e. The van der Waals surface area contributed by atoms with E-state index in [4.69, 9.17) is 0 Å². The van der Waals surface area contributed by atoms with E-state index in [1.165, 1.54) is 6.07 Å². The molecule has 1 fully saturated rings. The second-order valence-corrected chi connectivity index (χ2v) is 5.59. The van der Waals surface area contributed by atoms with E-state index in [-0.39, 0.29) is 6.04 Å². The molecule has 1 saturated heterocycles. The average Bonchev–Trinajstić information content (AvgIpc) is 2.35. The van der Waals surface area contributed by atoms with Crippen molar-refractivity contribution in [2.75, 3.05) is 18.0 Å². The molecule has 1 heterocycles. The summed E-state index contributed by atoms with van der Waals surface area (Å²) >= 11 is 3.11. The van der Waals surface area contributed by atoms with Gasteiger partial charge in [-0.2, -0.15) is 0 Å². The highest BCUT2D eigenvalue weighted by Gasteiger charge is 2.26. The van der Waals surface area contributed by atoms with Crippen LogP contribution in [0, 0.1) is 11.6 Å². The third-order valence-electron chi connectivity index (χ3n) is 3.44. The zero-order valence-corrected chi connectivity index (χ0v) is 12.1. The van der Waals surface area contributed by atoms with Gasteiger partial charge in [0.1, 0.15) is 11.6 Å². The van der Waals surface area contributed by atoms with Gasteiger partial charge in [-0.15, -0.1) is 0 Å². The molecule has 2 unspecified atom stereocenters. The van der Waals surface area contributed by atoms with Crippen LogP contribution in [-0.4, -0.2) is 25.2 Å². The van der Waals surface area contributed by atoms with Crippen LogP contribution in [0.25, 0.3) is 0 Å². The zero-order valence-electron chi connectivity index (χ0n) is 10.5. The number of nitrogens with zero attached hydrogens (tertiary/aromatic N) is 1. The minimum atomic E-state index is -0.564. The number of hydrogen-bond donors (Lipinski definition) is 1. The highest BCUT2D eigenvalue weighted by molar-refractivity contribution is 9.10. The first-order valence-corrected chi connectivity index (χ1v) is 6.96. The smallest absolute Gasteiger partial charge is 0.149 e. The highest BCUT2D eigenvalue weighted by Crippen LogP contribution is 2.29. The van der Waals surface area contributed by atoms with Gasteiger partial charge in [0.15, 0.2) is 0 Å². The first-order chi connectivity index (χ1) is 8.52. The molecule has 100 valence electrons. The van der Waals surface area contributed by atoms with E-state index >= 15 is 0 Å². The molecule has 18 heavy (non-hydrogen) atoms. The first kappa shape index (κ1) is 13.7. The number of rotatable bonds is 2. The molecule has 0 saturated carbocycles. The number of nitrogens with one attached hydrogen (secondary N) is 1. The second kappa shape index (κ2) is 5.53. The fourth-order valence-electron chi connectivity index (χ4n) is 2.27. The van der Waals surface area contributed by atoms with Gasteiger partial charge in [0.2, 0.25) is 0 Å². The number of benzene rings is 1. The Morgan fingerprint density at radius 1 is 1.39 bits per heavy atom. The van der Waals surface area contributed by atoms with Gasteiger partial charge < -0.3 is 10.2 Å². The predicted molar refractivity (Wildman–Crippen MR) is 72.9 cm³/mol. The Balaban J connectivity index is 2.31. The van der Waals surface area contributed by atoms with Crippen molar-refractivity contribution >= 4 is 21.6 Å². The number of halogens is 3.